The molecule has 0 unspecified atom stereocenters. The molecule has 0 aromatic carbocycles. The zero-order chi connectivity index (χ0) is 9.28. The van der Waals surface area contributed by atoms with Crippen molar-refractivity contribution < 1.29 is 9.84 Å². The third-order valence-corrected chi connectivity index (χ3v) is 2.74. The van der Waals surface area contributed by atoms with Crippen molar-refractivity contribution in [2.45, 2.75) is 45.8 Å². The second-order valence-electron chi connectivity index (χ2n) is 4.02. The van der Waals surface area contributed by atoms with Gasteiger partial charge < -0.3 is 9.84 Å². The lowest BCUT2D eigenvalue weighted by atomic mass is 9.78. The molecule has 0 spiro atoms. The van der Waals surface area contributed by atoms with Crippen LogP contribution in [0.25, 0.3) is 0 Å². The van der Waals surface area contributed by atoms with Gasteiger partial charge in [-0.1, -0.05) is 13.8 Å². The second kappa shape index (κ2) is 3.11. The molecule has 0 rings (SSSR count). The summed E-state index contributed by atoms with van der Waals surface area (Å²) in [4.78, 5) is 0. The largest absolute Gasteiger partial charge is 0.387 e. The molecule has 68 valence electrons. The van der Waals surface area contributed by atoms with Gasteiger partial charge >= 0.3 is 0 Å². The molecule has 0 amide bonds. The lowest BCUT2D eigenvalue weighted by Crippen LogP contribution is -2.52. The Hall–Kier alpha value is -0.0800. The molecule has 11 heavy (non-hydrogen) atoms. The van der Waals surface area contributed by atoms with Gasteiger partial charge in [-0.15, -0.1) is 0 Å². The monoisotopic (exact) mass is 160 g/mol. The fourth-order valence-electron chi connectivity index (χ4n) is 1.19. The average molecular weight is 160 g/mol. The Kier molecular flexibility index (Phi) is 3.09. The van der Waals surface area contributed by atoms with Crippen molar-refractivity contribution in [2.24, 2.45) is 5.92 Å². The molecular weight excluding hydrogens is 140 g/mol. The van der Waals surface area contributed by atoms with E-state index in [4.69, 9.17) is 4.74 Å². The van der Waals surface area contributed by atoms with Gasteiger partial charge in [-0.25, -0.2) is 0 Å². The summed E-state index contributed by atoms with van der Waals surface area (Å²) in [5, 5.41) is 9.78. The van der Waals surface area contributed by atoms with E-state index < -0.39 is 11.2 Å². The van der Waals surface area contributed by atoms with Gasteiger partial charge in [-0.2, -0.15) is 0 Å². The molecule has 0 heterocycles. The number of methoxy groups -OCH3 is 1. The Morgan fingerprint density at radius 2 is 1.55 bits per heavy atom. The van der Waals surface area contributed by atoms with E-state index in [9.17, 15) is 5.11 Å². The third kappa shape index (κ3) is 1.94. The minimum atomic E-state index is -0.796. The summed E-state index contributed by atoms with van der Waals surface area (Å²) in [6.45, 7) is 9.56. The molecule has 1 N–H and O–H groups in total. The van der Waals surface area contributed by atoms with Crippen LogP contribution in [-0.4, -0.2) is 23.4 Å². The van der Waals surface area contributed by atoms with E-state index >= 15 is 0 Å². The SMILES string of the molecule is CO[C@](C)(C(C)C)C(C)(C)O. The highest BCUT2D eigenvalue weighted by Crippen LogP contribution is 2.32. The van der Waals surface area contributed by atoms with Crippen LogP contribution in [0.4, 0.5) is 0 Å². The van der Waals surface area contributed by atoms with E-state index in [2.05, 4.69) is 0 Å². The summed E-state index contributed by atoms with van der Waals surface area (Å²) in [6, 6.07) is 0. The number of rotatable bonds is 3. The minimum absolute atomic E-state index is 0.299. The molecule has 0 radical (unpaired) electrons. The van der Waals surface area contributed by atoms with Crippen LogP contribution in [0.3, 0.4) is 0 Å². The maximum absolute atomic E-state index is 9.78. The smallest absolute Gasteiger partial charge is 0.0953 e. The van der Waals surface area contributed by atoms with Crippen molar-refractivity contribution >= 4 is 0 Å². The first-order valence-electron chi connectivity index (χ1n) is 4.03. The Bertz CT molecular complexity index is 124. The van der Waals surface area contributed by atoms with Crippen LogP contribution in [-0.2, 0) is 4.74 Å². The van der Waals surface area contributed by atoms with Crippen LogP contribution < -0.4 is 0 Å². The first-order valence-corrected chi connectivity index (χ1v) is 4.03. The van der Waals surface area contributed by atoms with Crippen molar-refractivity contribution in [1.82, 2.24) is 0 Å². The fourth-order valence-corrected chi connectivity index (χ4v) is 1.19. The third-order valence-electron chi connectivity index (χ3n) is 2.74. The highest BCUT2D eigenvalue weighted by Gasteiger charge is 2.42. The summed E-state index contributed by atoms with van der Waals surface area (Å²) in [7, 11) is 1.64. The van der Waals surface area contributed by atoms with Crippen LogP contribution >= 0.6 is 0 Å². The first-order chi connectivity index (χ1) is 4.75. The summed E-state index contributed by atoms with van der Waals surface area (Å²) in [5.41, 5.74) is -1.26. The van der Waals surface area contributed by atoms with E-state index in [0.717, 1.165) is 0 Å². The van der Waals surface area contributed by atoms with Crippen LogP contribution in [0.1, 0.15) is 34.6 Å². The molecule has 0 aliphatic heterocycles. The normalized spacial score (nSPS) is 18.5. The van der Waals surface area contributed by atoms with E-state index in [0.29, 0.717) is 5.92 Å². The second-order valence-corrected chi connectivity index (χ2v) is 4.02. The molecule has 0 aliphatic carbocycles. The van der Waals surface area contributed by atoms with Gasteiger partial charge in [0.2, 0.25) is 0 Å². The number of hydrogen-bond acceptors (Lipinski definition) is 2. The van der Waals surface area contributed by atoms with Gasteiger partial charge in [-0.3, -0.25) is 0 Å². The predicted octanol–water partition coefficient (Wildman–Crippen LogP) is 1.82. The van der Waals surface area contributed by atoms with Crippen molar-refractivity contribution in [1.29, 1.82) is 0 Å². The van der Waals surface area contributed by atoms with E-state index in [1.54, 1.807) is 21.0 Å². The zero-order valence-corrected chi connectivity index (χ0v) is 8.43. The van der Waals surface area contributed by atoms with Crippen molar-refractivity contribution in [2.75, 3.05) is 7.11 Å². The molecule has 0 saturated carbocycles. The summed E-state index contributed by atoms with van der Waals surface area (Å²) in [6.07, 6.45) is 0. The van der Waals surface area contributed by atoms with Gasteiger partial charge in [0, 0.05) is 7.11 Å². The van der Waals surface area contributed by atoms with Crippen LogP contribution in [0.5, 0.6) is 0 Å². The first kappa shape index (κ1) is 10.9. The maximum Gasteiger partial charge on any atom is 0.0953 e. The lowest BCUT2D eigenvalue weighted by molar-refractivity contribution is -0.165. The topological polar surface area (TPSA) is 29.5 Å². The molecule has 0 fully saturated rings. The van der Waals surface area contributed by atoms with Gasteiger partial charge in [0.25, 0.3) is 0 Å². The molecule has 2 heteroatoms. The predicted molar refractivity (Wildman–Crippen MR) is 46.5 cm³/mol. The minimum Gasteiger partial charge on any atom is -0.387 e. The molecule has 1 atom stereocenters. The molecule has 0 bridgehead atoms. The Morgan fingerprint density at radius 3 is 1.55 bits per heavy atom. The van der Waals surface area contributed by atoms with Crippen molar-refractivity contribution in [3.63, 3.8) is 0 Å². The quantitative estimate of drug-likeness (QED) is 0.682. The molecule has 2 nitrogen and oxygen atoms in total. The van der Waals surface area contributed by atoms with E-state index in [1.807, 2.05) is 20.8 Å². The van der Waals surface area contributed by atoms with E-state index in [-0.39, 0.29) is 0 Å². The number of ether oxygens (including phenoxy) is 1. The van der Waals surface area contributed by atoms with Crippen molar-refractivity contribution in [3.05, 3.63) is 0 Å². The molecule has 0 aliphatic rings. The average Bonchev–Trinajstić information content (AvgIpc) is 1.83. The van der Waals surface area contributed by atoms with Crippen molar-refractivity contribution in [3.8, 4) is 0 Å². The standard InChI is InChI=1S/C9H20O2/c1-7(2)9(5,11-6)8(3,4)10/h7,10H,1-6H3/t9-/m1/s1. The molecule has 0 saturated heterocycles. The van der Waals surface area contributed by atoms with E-state index in [1.165, 1.54) is 0 Å². The Labute approximate surface area is 69.6 Å². The van der Waals surface area contributed by atoms with Gasteiger partial charge in [0.05, 0.1) is 11.2 Å². The number of hydrogen-bond donors (Lipinski definition) is 1. The van der Waals surface area contributed by atoms with Crippen LogP contribution in [0.15, 0.2) is 0 Å². The molecular formula is C9H20O2. The highest BCUT2D eigenvalue weighted by atomic mass is 16.5. The van der Waals surface area contributed by atoms with Gasteiger partial charge in [-0.05, 0) is 26.7 Å². The van der Waals surface area contributed by atoms with Crippen LogP contribution in [0.2, 0.25) is 0 Å². The Morgan fingerprint density at radius 1 is 1.18 bits per heavy atom. The van der Waals surface area contributed by atoms with Crippen LogP contribution in [0, 0.1) is 5.92 Å². The summed E-state index contributed by atoms with van der Waals surface area (Å²) >= 11 is 0. The van der Waals surface area contributed by atoms with Gasteiger partial charge in [0.15, 0.2) is 0 Å². The lowest BCUT2D eigenvalue weighted by Gasteiger charge is -2.42. The highest BCUT2D eigenvalue weighted by molar-refractivity contribution is 4.93. The van der Waals surface area contributed by atoms with Gasteiger partial charge in [0.1, 0.15) is 0 Å². The molecule has 0 aromatic rings. The molecule has 0 aromatic heterocycles. The summed E-state index contributed by atoms with van der Waals surface area (Å²) in [5.74, 6) is 0.299. The number of aliphatic hydroxyl groups is 1. The fraction of sp³-hybridized carbons (Fsp3) is 1.00. The zero-order valence-electron chi connectivity index (χ0n) is 8.43. The Balaban J connectivity index is 4.61. The summed E-state index contributed by atoms with van der Waals surface area (Å²) < 4.78 is 5.31. The maximum atomic E-state index is 9.78.